The summed E-state index contributed by atoms with van der Waals surface area (Å²) >= 11 is 0. The smallest absolute Gasteiger partial charge is 0.220 e. The Morgan fingerprint density at radius 1 is 1.13 bits per heavy atom. The van der Waals surface area contributed by atoms with Crippen LogP contribution in [0, 0.1) is 0 Å². The van der Waals surface area contributed by atoms with E-state index in [0.29, 0.717) is 13.0 Å². The predicted molar refractivity (Wildman–Crippen MR) is 92.2 cm³/mol. The van der Waals surface area contributed by atoms with E-state index in [-0.39, 0.29) is 5.91 Å². The molecule has 0 atom stereocenters. The second kappa shape index (κ2) is 7.09. The van der Waals surface area contributed by atoms with Crippen molar-refractivity contribution in [3.63, 3.8) is 0 Å². The van der Waals surface area contributed by atoms with Crippen LogP contribution in [0.3, 0.4) is 0 Å². The van der Waals surface area contributed by atoms with Gasteiger partial charge < -0.3 is 9.88 Å². The van der Waals surface area contributed by atoms with Gasteiger partial charge in [-0.3, -0.25) is 4.79 Å². The number of nitrogens with one attached hydrogen (secondary N) is 1. The number of carbonyl (C=O) groups excluding carboxylic acids is 1. The van der Waals surface area contributed by atoms with Gasteiger partial charge >= 0.3 is 0 Å². The molecule has 2 heterocycles. The van der Waals surface area contributed by atoms with Gasteiger partial charge in [-0.2, -0.15) is 0 Å². The van der Waals surface area contributed by atoms with Crippen LogP contribution < -0.4 is 5.32 Å². The third-order valence-corrected chi connectivity index (χ3v) is 4.02. The van der Waals surface area contributed by atoms with E-state index in [9.17, 15) is 4.79 Å². The van der Waals surface area contributed by atoms with E-state index in [4.69, 9.17) is 0 Å². The summed E-state index contributed by atoms with van der Waals surface area (Å²) in [6.07, 6.45) is 6.03. The first kappa shape index (κ1) is 15.3. The zero-order valence-electron chi connectivity index (χ0n) is 13.3. The third-order valence-electron chi connectivity index (χ3n) is 4.02. The number of hydrogen-bond acceptors (Lipinski definition) is 2. The van der Waals surface area contributed by atoms with Crippen molar-refractivity contribution < 1.29 is 4.79 Å². The lowest BCUT2D eigenvalue weighted by Crippen LogP contribution is -2.25. The number of hydrogen-bond donors (Lipinski definition) is 1. The second-order valence-corrected chi connectivity index (χ2v) is 5.73. The molecule has 4 heteroatoms. The fourth-order valence-corrected chi connectivity index (χ4v) is 2.82. The molecule has 118 valence electrons. The summed E-state index contributed by atoms with van der Waals surface area (Å²) in [4.78, 5) is 16.3. The van der Waals surface area contributed by atoms with E-state index in [1.165, 1.54) is 11.1 Å². The second-order valence-electron chi connectivity index (χ2n) is 5.73. The van der Waals surface area contributed by atoms with Gasteiger partial charge in [-0.05, 0) is 36.1 Å². The number of pyridine rings is 1. The molecule has 1 N–H and O–H groups in total. The number of aryl methyl sites for hydroxylation is 2. The molecule has 0 unspecified atom stereocenters. The topological polar surface area (TPSA) is 46.9 Å². The molecular weight excluding hydrogens is 286 g/mol. The molecule has 0 aliphatic carbocycles. The highest BCUT2D eigenvalue weighted by atomic mass is 16.1. The van der Waals surface area contributed by atoms with Gasteiger partial charge in [0.05, 0.1) is 0 Å². The molecule has 2 aromatic heterocycles. The molecule has 1 amide bonds. The van der Waals surface area contributed by atoms with Gasteiger partial charge in [-0.15, -0.1) is 0 Å². The van der Waals surface area contributed by atoms with Crippen molar-refractivity contribution in [3.05, 3.63) is 66.0 Å². The Kier molecular flexibility index (Phi) is 4.71. The minimum Gasteiger partial charge on any atom is -0.356 e. The van der Waals surface area contributed by atoms with Gasteiger partial charge in [0, 0.05) is 37.8 Å². The molecule has 0 aliphatic heterocycles. The first-order chi connectivity index (χ1) is 11.2. The van der Waals surface area contributed by atoms with Gasteiger partial charge in [0.1, 0.15) is 5.65 Å². The first-order valence-electron chi connectivity index (χ1n) is 7.93. The molecule has 1 aromatic carbocycles. The Balaban J connectivity index is 1.50. The zero-order chi connectivity index (χ0) is 16.1. The summed E-state index contributed by atoms with van der Waals surface area (Å²) in [7, 11) is 2.00. The van der Waals surface area contributed by atoms with Crippen LogP contribution in [0.1, 0.15) is 17.5 Å². The van der Waals surface area contributed by atoms with Crippen LogP contribution in [0.25, 0.3) is 11.0 Å². The van der Waals surface area contributed by atoms with E-state index in [1.807, 2.05) is 35.9 Å². The monoisotopic (exact) mass is 307 g/mol. The minimum atomic E-state index is 0.104. The van der Waals surface area contributed by atoms with Crippen molar-refractivity contribution in [2.24, 2.45) is 7.05 Å². The number of aromatic nitrogens is 2. The Bertz CT molecular complexity index is 793. The van der Waals surface area contributed by atoms with Crippen molar-refractivity contribution in [3.8, 4) is 0 Å². The Morgan fingerprint density at radius 2 is 1.96 bits per heavy atom. The number of amides is 1. The van der Waals surface area contributed by atoms with Crippen LogP contribution in [0.2, 0.25) is 0 Å². The quantitative estimate of drug-likeness (QED) is 0.761. The van der Waals surface area contributed by atoms with Gasteiger partial charge in [0.25, 0.3) is 0 Å². The molecular formula is C19H21N3O. The maximum Gasteiger partial charge on any atom is 0.220 e. The fraction of sp³-hybridized carbons (Fsp3) is 0.263. The van der Waals surface area contributed by atoms with Crippen LogP contribution >= 0.6 is 0 Å². The number of carbonyl (C=O) groups is 1. The normalized spacial score (nSPS) is 10.8. The maximum atomic E-state index is 11.9. The van der Waals surface area contributed by atoms with Crippen molar-refractivity contribution in [2.45, 2.75) is 19.3 Å². The summed E-state index contributed by atoms with van der Waals surface area (Å²) in [5, 5.41) is 4.17. The van der Waals surface area contributed by atoms with Crippen molar-refractivity contribution in [2.75, 3.05) is 6.54 Å². The third kappa shape index (κ3) is 3.77. The minimum absolute atomic E-state index is 0.104. The largest absolute Gasteiger partial charge is 0.356 e. The van der Waals surface area contributed by atoms with Crippen LogP contribution in [0.4, 0.5) is 0 Å². The molecule has 4 nitrogen and oxygen atoms in total. The van der Waals surface area contributed by atoms with E-state index in [1.54, 1.807) is 6.20 Å². The highest BCUT2D eigenvalue weighted by molar-refractivity contribution is 5.80. The Labute approximate surface area is 136 Å². The molecule has 0 radical (unpaired) electrons. The molecule has 23 heavy (non-hydrogen) atoms. The van der Waals surface area contributed by atoms with Gasteiger partial charge in [-0.1, -0.05) is 30.3 Å². The number of fused-ring (bicyclic) bond motifs is 1. The van der Waals surface area contributed by atoms with E-state index in [0.717, 1.165) is 23.9 Å². The van der Waals surface area contributed by atoms with E-state index in [2.05, 4.69) is 34.7 Å². The molecule has 3 aromatic rings. The molecule has 3 rings (SSSR count). The summed E-state index contributed by atoms with van der Waals surface area (Å²) in [5.74, 6) is 0.104. The molecule has 0 fully saturated rings. The van der Waals surface area contributed by atoms with Gasteiger partial charge in [0.15, 0.2) is 0 Å². The van der Waals surface area contributed by atoms with Gasteiger partial charge in [0.2, 0.25) is 5.91 Å². The summed E-state index contributed by atoms with van der Waals surface area (Å²) in [6.45, 7) is 0.654. The molecule has 0 spiro atoms. The Hall–Kier alpha value is -2.62. The zero-order valence-corrected chi connectivity index (χ0v) is 13.3. The van der Waals surface area contributed by atoms with Crippen molar-refractivity contribution in [1.82, 2.24) is 14.9 Å². The van der Waals surface area contributed by atoms with Crippen LogP contribution in [0.5, 0.6) is 0 Å². The first-order valence-corrected chi connectivity index (χ1v) is 7.93. The average Bonchev–Trinajstić information content (AvgIpc) is 2.91. The van der Waals surface area contributed by atoms with Crippen LogP contribution in [0.15, 0.2) is 54.9 Å². The number of benzene rings is 1. The number of rotatable bonds is 6. The highest BCUT2D eigenvalue weighted by Crippen LogP contribution is 2.18. The van der Waals surface area contributed by atoms with Crippen molar-refractivity contribution in [1.29, 1.82) is 0 Å². The standard InChI is InChI=1S/C19H21N3O/c1-22-14-16(17-8-5-12-21-19(17)22)11-13-20-18(23)10-9-15-6-3-2-4-7-15/h2-8,12,14H,9-11,13H2,1H3,(H,20,23). The van der Waals surface area contributed by atoms with E-state index < -0.39 is 0 Å². The molecule has 0 aliphatic rings. The highest BCUT2D eigenvalue weighted by Gasteiger charge is 2.07. The molecule has 0 saturated heterocycles. The van der Waals surface area contributed by atoms with Crippen LogP contribution in [-0.2, 0) is 24.7 Å². The van der Waals surface area contributed by atoms with Crippen molar-refractivity contribution >= 4 is 16.9 Å². The molecule has 0 bridgehead atoms. The average molecular weight is 307 g/mol. The molecule has 0 saturated carbocycles. The number of nitrogens with zero attached hydrogens (tertiary/aromatic N) is 2. The SMILES string of the molecule is Cn1cc(CCNC(=O)CCc2ccccc2)c2cccnc21. The Morgan fingerprint density at radius 3 is 2.78 bits per heavy atom. The van der Waals surface area contributed by atoms with Crippen LogP contribution in [-0.4, -0.2) is 22.0 Å². The summed E-state index contributed by atoms with van der Waals surface area (Å²) in [5.41, 5.74) is 3.40. The summed E-state index contributed by atoms with van der Waals surface area (Å²) in [6, 6.07) is 14.1. The maximum absolute atomic E-state index is 11.9. The van der Waals surface area contributed by atoms with Gasteiger partial charge in [-0.25, -0.2) is 4.98 Å². The fourth-order valence-electron chi connectivity index (χ4n) is 2.82. The predicted octanol–water partition coefficient (Wildman–Crippen LogP) is 2.86. The lowest BCUT2D eigenvalue weighted by Gasteiger charge is -2.05. The lowest BCUT2D eigenvalue weighted by atomic mass is 10.1. The lowest BCUT2D eigenvalue weighted by molar-refractivity contribution is -0.121. The summed E-state index contributed by atoms with van der Waals surface area (Å²) < 4.78 is 2.03. The van der Waals surface area contributed by atoms with E-state index >= 15 is 0 Å².